The Morgan fingerprint density at radius 2 is 2.25 bits per heavy atom. The van der Waals surface area contributed by atoms with Crippen LogP contribution in [0.5, 0.6) is 0 Å². The molecule has 4 N–H and O–H groups in total. The van der Waals surface area contributed by atoms with Gasteiger partial charge in [0.2, 0.25) is 5.91 Å². The monoisotopic (exact) mass is 246 g/mol. The SMILES string of the molecule is N[C@@H]1C(=O)N2C(C(=O)O)=C(CO)CS(=O)[C@H]12. The van der Waals surface area contributed by atoms with Gasteiger partial charge in [-0.2, -0.15) is 0 Å². The summed E-state index contributed by atoms with van der Waals surface area (Å²) in [5.74, 6) is -1.94. The Balaban J connectivity index is 2.48. The minimum Gasteiger partial charge on any atom is -0.477 e. The summed E-state index contributed by atoms with van der Waals surface area (Å²) in [5.41, 5.74) is 5.27. The second-order valence-electron chi connectivity index (χ2n) is 3.57. The number of nitrogens with two attached hydrogens (primary N) is 1. The molecule has 0 aromatic carbocycles. The molecule has 0 saturated carbocycles. The van der Waals surface area contributed by atoms with Crippen molar-refractivity contribution < 1.29 is 24.0 Å². The van der Waals surface area contributed by atoms with Gasteiger partial charge in [0.15, 0.2) is 0 Å². The van der Waals surface area contributed by atoms with Crippen LogP contribution in [0, 0.1) is 0 Å². The second-order valence-corrected chi connectivity index (χ2v) is 5.10. The number of rotatable bonds is 2. The molecule has 0 spiro atoms. The third kappa shape index (κ3) is 1.30. The average Bonchev–Trinajstić information content (AvgIpc) is 2.25. The zero-order valence-electron chi connectivity index (χ0n) is 8.12. The van der Waals surface area contributed by atoms with Gasteiger partial charge in [0.1, 0.15) is 17.1 Å². The molecule has 3 atom stereocenters. The molecule has 0 aromatic rings. The molecular weight excluding hydrogens is 236 g/mol. The molecule has 16 heavy (non-hydrogen) atoms. The molecule has 2 aliphatic rings. The number of β-lactam (4-membered cyclic amide) rings is 1. The van der Waals surface area contributed by atoms with Crippen LogP contribution in [0.2, 0.25) is 0 Å². The number of hydrogen-bond acceptors (Lipinski definition) is 5. The first kappa shape index (κ1) is 11.2. The molecule has 1 amide bonds. The fraction of sp³-hybridized carbons (Fsp3) is 0.500. The topological polar surface area (TPSA) is 121 Å². The summed E-state index contributed by atoms with van der Waals surface area (Å²) >= 11 is 0. The van der Waals surface area contributed by atoms with Gasteiger partial charge in [-0.25, -0.2) is 4.79 Å². The molecule has 0 aliphatic carbocycles. The third-order valence-corrected chi connectivity index (χ3v) is 4.32. The highest BCUT2D eigenvalue weighted by Gasteiger charge is 2.54. The van der Waals surface area contributed by atoms with Gasteiger partial charge >= 0.3 is 5.97 Å². The Bertz CT molecular complexity index is 432. The minimum atomic E-state index is -1.45. The molecule has 7 nitrogen and oxygen atoms in total. The second kappa shape index (κ2) is 3.65. The highest BCUT2D eigenvalue weighted by Crippen LogP contribution is 2.33. The maximum atomic E-state index is 11.6. The predicted molar refractivity (Wildman–Crippen MR) is 53.4 cm³/mol. The quantitative estimate of drug-likeness (QED) is 0.466. The lowest BCUT2D eigenvalue weighted by Crippen LogP contribution is -2.71. The van der Waals surface area contributed by atoms with Gasteiger partial charge in [0.25, 0.3) is 0 Å². The molecule has 0 radical (unpaired) electrons. The van der Waals surface area contributed by atoms with Gasteiger partial charge < -0.3 is 15.9 Å². The van der Waals surface area contributed by atoms with Crippen LogP contribution in [0.1, 0.15) is 0 Å². The van der Waals surface area contributed by atoms with E-state index in [9.17, 15) is 13.8 Å². The normalized spacial score (nSPS) is 33.5. The summed E-state index contributed by atoms with van der Waals surface area (Å²) in [4.78, 5) is 23.3. The van der Waals surface area contributed by atoms with Gasteiger partial charge in [-0.15, -0.1) is 0 Å². The minimum absolute atomic E-state index is 0.0553. The van der Waals surface area contributed by atoms with E-state index in [1.807, 2.05) is 0 Å². The van der Waals surface area contributed by atoms with Gasteiger partial charge in [-0.1, -0.05) is 0 Å². The number of fused-ring (bicyclic) bond motifs is 1. The van der Waals surface area contributed by atoms with E-state index in [-0.39, 0.29) is 17.0 Å². The molecule has 1 unspecified atom stereocenters. The van der Waals surface area contributed by atoms with E-state index in [0.29, 0.717) is 0 Å². The Morgan fingerprint density at radius 3 is 2.75 bits per heavy atom. The summed E-state index contributed by atoms with van der Waals surface area (Å²) in [5, 5.41) is 17.2. The van der Waals surface area contributed by atoms with E-state index in [2.05, 4.69) is 0 Å². The Labute approximate surface area is 93.0 Å². The Morgan fingerprint density at radius 1 is 1.62 bits per heavy atom. The number of carboxylic acid groups (broad SMARTS) is 1. The van der Waals surface area contributed by atoms with Crippen LogP contribution in [0.15, 0.2) is 11.3 Å². The maximum absolute atomic E-state index is 11.6. The molecule has 2 rings (SSSR count). The van der Waals surface area contributed by atoms with Gasteiger partial charge in [-0.3, -0.25) is 13.9 Å². The van der Waals surface area contributed by atoms with Crippen molar-refractivity contribution in [3.63, 3.8) is 0 Å². The summed E-state index contributed by atoms with van der Waals surface area (Å²) in [6, 6.07) is -0.907. The van der Waals surface area contributed by atoms with Crippen molar-refractivity contribution >= 4 is 22.7 Å². The van der Waals surface area contributed by atoms with Crippen LogP contribution in [0.4, 0.5) is 0 Å². The average molecular weight is 246 g/mol. The number of amides is 1. The van der Waals surface area contributed by atoms with Crippen molar-refractivity contribution in [1.29, 1.82) is 0 Å². The van der Waals surface area contributed by atoms with E-state index in [1.54, 1.807) is 0 Å². The third-order valence-electron chi connectivity index (χ3n) is 2.64. The fourth-order valence-corrected chi connectivity index (χ4v) is 3.51. The Hall–Kier alpha value is -1.25. The summed E-state index contributed by atoms with van der Waals surface area (Å²) in [6.07, 6.45) is 0. The number of aliphatic carboxylic acids is 1. The van der Waals surface area contributed by atoms with E-state index >= 15 is 0 Å². The highest BCUT2D eigenvalue weighted by molar-refractivity contribution is 7.86. The van der Waals surface area contributed by atoms with Crippen LogP contribution in [-0.2, 0) is 20.4 Å². The molecule has 2 heterocycles. The van der Waals surface area contributed by atoms with E-state index in [0.717, 1.165) is 4.90 Å². The van der Waals surface area contributed by atoms with Crippen LogP contribution < -0.4 is 5.73 Å². The molecular formula is C8H10N2O5S. The zero-order chi connectivity index (χ0) is 12.0. The van der Waals surface area contributed by atoms with Gasteiger partial charge in [-0.05, 0) is 5.57 Å². The van der Waals surface area contributed by atoms with Crippen LogP contribution >= 0.6 is 0 Å². The number of nitrogens with zero attached hydrogens (tertiary/aromatic N) is 1. The van der Waals surface area contributed by atoms with E-state index in [4.69, 9.17) is 15.9 Å². The molecule has 2 aliphatic heterocycles. The van der Waals surface area contributed by atoms with Crippen LogP contribution in [-0.4, -0.2) is 55.0 Å². The molecule has 8 heteroatoms. The van der Waals surface area contributed by atoms with Gasteiger partial charge in [0.05, 0.1) is 23.2 Å². The van der Waals surface area contributed by atoms with Gasteiger partial charge in [0, 0.05) is 0 Å². The molecule has 0 aromatic heterocycles. The smallest absolute Gasteiger partial charge is 0.352 e. The first-order chi connectivity index (χ1) is 7.49. The fourth-order valence-electron chi connectivity index (χ4n) is 1.88. The van der Waals surface area contributed by atoms with E-state index in [1.165, 1.54) is 0 Å². The number of carbonyl (C=O) groups excluding carboxylic acids is 1. The van der Waals surface area contributed by atoms with Crippen LogP contribution in [0.3, 0.4) is 0 Å². The molecule has 1 fully saturated rings. The number of aliphatic hydroxyl groups excluding tert-OH is 1. The summed E-state index contributed by atoms with van der Waals surface area (Å²) in [7, 11) is -1.45. The van der Waals surface area contributed by atoms with E-state index < -0.39 is 40.7 Å². The largest absolute Gasteiger partial charge is 0.477 e. The number of carbonyl (C=O) groups is 2. The van der Waals surface area contributed by atoms with Crippen molar-refractivity contribution in [2.45, 2.75) is 11.4 Å². The lowest BCUT2D eigenvalue weighted by atomic mass is 10.0. The molecule has 88 valence electrons. The Kier molecular flexibility index (Phi) is 2.56. The first-order valence-electron chi connectivity index (χ1n) is 4.51. The van der Waals surface area contributed by atoms with Crippen molar-refractivity contribution in [2.24, 2.45) is 5.73 Å². The van der Waals surface area contributed by atoms with Crippen LogP contribution in [0.25, 0.3) is 0 Å². The number of carboxylic acids is 1. The number of hydrogen-bond donors (Lipinski definition) is 3. The predicted octanol–water partition coefficient (Wildman–Crippen LogP) is -2.42. The number of aliphatic hydroxyl groups is 1. The lowest BCUT2D eigenvalue weighted by molar-refractivity contribution is -0.148. The summed E-state index contributed by atoms with van der Waals surface area (Å²) in [6.45, 7) is -0.529. The lowest BCUT2D eigenvalue weighted by Gasteiger charge is -2.47. The first-order valence-corrected chi connectivity index (χ1v) is 5.89. The molecule has 0 bridgehead atoms. The molecule has 1 saturated heterocycles. The van der Waals surface area contributed by atoms with Crippen molar-refractivity contribution in [2.75, 3.05) is 12.4 Å². The van der Waals surface area contributed by atoms with Crippen molar-refractivity contribution in [1.82, 2.24) is 4.90 Å². The summed E-state index contributed by atoms with van der Waals surface area (Å²) < 4.78 is 11.6. The van der Waals surface area contributed by atoms with Crippen molar-refractivity contribution in [3.8, 4) is 0 Å². The highest BCUT2D eigenvalue weighted by atomic mass is 32.2. The van der Waals surface area contributed by atoms with Crippen molar-refractivity contribution in [3.05, 3.63) is 11.3 Å². The zero-order valence-corrected chi connectivity index (χ0v) is 8.94. The maximum Gasteiger partial charge on any atom is 0.352 e. The standard InChI is InChI=1S/C8H10N2O5S/c9-4-6(12)10-5(8(13)14)3(1-11)2-16(15)7(4)10/h4,7,11H,1-2,9H2,(H,13,14)/t4-,7-,16?/m1/s1.